The summed E-state index contributed by atoms with van der Waals surface area (Å²) in [6.45, 7) is 4.72. The zero-order chi connectivity index (χ0) is 31.3. The van der Waals surface area contributed by atoms with Crippen LogP contribution in [0.3, 0.4) is 0 Å². The van der Waals surface area contributed by atoms with Crippen molar-refractivity contribution < 1.29 is 28.5 Å². The normalized spacial score (nSPS) is 12.0. The third kappa shape index (κ3) is 6.22. The number of para-hydroxylation sites is 1. The number of aromatic nitrogens is 2. The summed E-state index contributed by atoms with van der Waals surface area (Å²) < 4.78 is 26.2. The standard InChI is InChI=1S/C37H36N2O6/c1-4-5-17-33(37(40)41)45-32-18-11-16-30-35(32)27-14-9-10-15-29(27)39(30)22-25-19-20-31(34(21-25)42-3)43-23-28-24(2)44-36(38-28)26-12-7-6-8-13-26/h6-16,18-21,33H,4-5,17,22-23H2,1-3H3,(H,40,41). The zero-order valence-corrected chi connectivity index (χ0v) is 25.7. The maximum absolute atomic E-state index is 12.0. The highest BCUT2D eigenvalue weighted by Crippen LogP contribution is 2.38. The lowest BCUT2D eigenvalue weighted by atomic mass is 10.1. The number of hydrogen-bond acceptors (Lipinski definition) is 6. The van der Waals surface area contributed by atoms with Crippen molar-refractivity contribution in [1.29, 1.82) is 0 Å². The molecule has 6 aromatic rings. The van der Waals surface area contributed by atoms with Gasteiger partial charge in [-0.05, 0) is 67.8 Å². The minimum absolute atomic E-state index is 0.239. The van der Waals surface area contributed by atoms with Gasteiger partial charge in [0, 0.05) is 28.4 Å². The van der Waals surface area contributed by atoms with Crippen LogP contribution in [-0.4, -0.2) is 33.8 Å². The quantitative estimate of drug-likeness (QED) is 0.141. The van der Waals surface area contributed by atoms with Crippen LogP contribution in [0.5, 0.6) is 17.2 Å². The van der Waals surface area contributed by atoms with E-state index >= 15 is 0 Å². The minimum Gasteiger partial charge on any atom is -0.493 e. The largest absolute Gasteiger partial charge is 0.493 e. The Bertz CT molecular complexity index is 1940. The molecule has 6 rings (SSSR count). The van der Waals surface area contributed by atoms with E-state index in [9.17, 15) is 9.90 Å². The molecule has 0 saturated heterocycles. The average molecular weight is 605 g/mol. The van der Waals surface area contributed by atoms with Crippen molar-refractivity contribution in [2.45, 2.75) is 52.4 Å². The summed E-state index contributed by atoms with van der Waals surface area (Å²) in [5, 5.41) is 11.7. The van der Waals surface area contributed by atoms with Gasteiger partial charge in [-0.3, -0.25) is 0 Å². The molecule has 0 amide bonds. The lowest BCUT2D eigenvalue weighted by Gasteiger charge is -2.16. The molecule has 8 nitrogen and oxygen atoms in total. The first kappa shape index (κ1) is 29.8. The molecule has 4 aromatic carbocycles. The first-order valence-corrected chi connectivity index (χ1v) is 15.2. The van der Waals surface area contributed by atoms with Crippen LogP contribution in [0.4, 0.5) is 0 Å². The van der Waals surface area contributed by atoms with Gasteiger partial charge in [-0.2, -0.15) is 0 Å². The summed E-state index contributed by atoms with van der Waals surface area (Å²) in [4.78, 5) is 16.6. The van der Waals surface area contributed by atoms with Crippen molar-refractivity contribution in [3.63, 3.8) is 0 Å². The number of methoxy groups -OCH3 is 1. The SMILES string of the molecule is CCCCC(Oc1cccc2c1c1ccccc1n2Cc1ccc(OCc2nc(-c3ccccc3)oc2C)c(OC)c1)C(=O)O. The summed E-state index contributed by atoms with van der Waals surface area (Å²) in [6.07, 6.45) is 1.24. The number of carboxylic acids is 1. The Balaban J connectivity index is 1.27. The molecule has 45 heavy (non-hydrogen) atoms. The number of hydrogen-bond donors (Lipinski definition) is 1. The third-order valence-electron chi connectivity index (χ3n) is 7.97. The first-order valence-electron chi connectivity index (χ1n) is 15.2. The molecule has 0 spiro atoms. The van der Waals surface area contributed by atoms with E-state index < -0.39 is 12.1 Å². The van der Waals surface area contributed by atoms with E-state index in [1.165, 1.54) is 0 Å². The maximum atomic E-state index is 12.0. The highest BCUT2D eigenvalue weighted by atomic mass is 16.5. The smallest absolute Gasteiger partial charge is 0.344 e. The van der Waals surface area contributed by atoms with Crippen molar-refractivity contribution in [3.05, 3.63) is 108 Å². The molecule has 0 fully saturated rings. The number of carboxylic acid groups (broad SMARTS) is 1. The number of unbranched alkanes of at least 4 members (excludes halogenated alkanes) is 1. The van der Waals surface area contributed by atoms with Crippen LogP contribution >= 0.6 is 0 Å². The van der Waals surface area contributed by atoms with E-state index in [0.29, 0.717) is 41.9 Å². The van der Waals surface area contributed by atoms with Gasteiger partial charge in [-0.25, -0.2) is 9.78 Å². The molecule has 1 unspecified atom stereocenters. The Kier molecular flexibility index (Phi) is 8.73. The predicted molar refractivity (Wildman–Crippen MR) is 174 cm³/mol. The van der Waals surface area contributed by atoms with E-state index in [4.69, 9.17) is 18.6 Å². The Morgan fingerprint density at radius 3 is 2.49 bits per heavy atom. The Morgan fingerprint density at radius 1 is 0.933 bits per heavy atom. The van der Waals surface area contributed by atoms with Crippen LogP contribution in [0, 0.1) is 6.92 Å². The molecule has 0 saturated carbocycles. The molecule has 230 valence electrons. The fourth-order valence-electron chi connectivity index (χ4n) is 5.63. The number of aryl methyl sites for hydroxylation is 1. The molecule has 0 radical (unpaired) electrons. The number of ether oxygens (including phenoxy) is 3. The van der Waals surface area contributed by atoms with Crippen LogP contribution in [0.15, 0.2) is 95.4 Å². The summed E-state index contributed by atoms with van der Waals surface area (Å²) in [5.41, 5.74) is 4.64. The highest BCUT2D eigenvalue weighted by Gasteiger charge is 2.22. The van der Waals surface area contributed by atoms with Crippen LogP contribution in [0.1, 0.15) is 43.2 Å². The molecule has 0 aliphatic rings. The number of rotatable bonds is 13. The number of carbonyl (C=O) groups is 1. The predicted octanol–water partition coefficient (Wildman–Crippen LogP) is 8.42. The third-order valence-corrected chi connectivity index (χ3v) is 7.97. The fourth-order valence-corrected chi connectivity index (χ4v) is 5.63. The Labute approximate surface area is 261 Å². The van der Waals surface area contributed by atoms with Crippen LogP contribution in [0.25, 0.3) is 33.3 Å². The second-order valence-electron chi connectivity index (χ2n) is 11.0. The van der Waals surface area contributed by atoms with E-state index in [0.717, 1.165) is 51.5 Å². The molecule has 0 bridgehead atoms. The molecule has 0 aliphatic carbocycles. The molecule has 2 heterocycles. The van der Waals surface area contributed by atoms with Gasteiger partial charge in [0.15, 0.2) is 17.6 Å². The second-order valence-corrected chi connectivity index (χ2v) is 11.0. The van der Waals surface area contributed by atoms with Gasteiger partial charge in [0.2, 0.25) is 5.89 Å². The van der Waals surface area contributed by atoms with E-state index in [1.54, 1.807) is 7.11 Å². The average Bonchev–Trinajstić information content (AvgIpc) is 3.60. The van der Waals surface area contributed by atoms with Crippen LogP contribution in [-0.2, 0) is 17.9 Å². The first-order chi connectivity index (χ1) is 22.0. The van der Waals surface area contributed by atoms with Crippen molar-refractivity contribution in [1.82, 2.24) is 9.55 Å². The van der Waals surface area contributed by atoms with Gasteiger partial charge in [0.05, 0.1) is 12.6 Å². The Hall–Kier alpha value is -5.24. The molecule has 2 aromatic heterocycles. The number of fused-ring (bicyclic) bond motifs is 3. The van der Waals surface area contributed by atoms with E-state index in [2.05, 4.69) is 21.7 Å². The summed E-state index contributed by atoms with van der Waals surface area (Å²) in [5.74, 6) is 2.11. The van der Waals surface area contributed by atoms with E-state index in [1.807, 2.05) is 92.7 Å². The van der Waals surface area contributed by atoms with Crippen molar-refractivity contribution >= 4 is 27.8 Å². The summed E-state index contributed by atoms with van der Waals surface area (Å²) >= 11 is 0. The summed E-state index contributed by atoms with van der Waals surface area (Å²) in [6, 6.07) is 29.6. The number of oxazole rings is 1. The van der Waals surface area contributed by atoms with Gasteiger partial charge >= 0.3 is 5.97 Å². The maximum Gasteiger partial charge on any atom is 0.344 e. The van der Waals surface area contributed by atoms with Crippen molar-refractivity contribution in [2.75, 3.05) is 7.11 Å². The lowest BCUT2D eigenvalue weighted by molar-refractivity contribution is -0.145. The van der Waals surface area contributed by atoms with Crippen LogP contribution < -0.4 is 14.2 Å². The number of nitrogens with zero attached hydrogens (tertiary/aromatic N) is 2. The van der Waals surface area contributed by atoms with Gasteiger partial charge in [-0.15, -0.1) is 0 Å². The molecule has 1 atom stereocenters. The molecular formula is C37H36N2O6. The summed E-state index contributed by atoms with van der Waals surface area (Å²) in [7, 11) is 1.63. The minimum atomic E-state index is -0.950. The fraction of sp³-hybridized carbons (Fsp3) is 0.243. The van der Waals surface area contributed by atoms with Gasteiger partial charge < -0.3 is 28.3 Å². The van der Waals surface area contributed by atoms with Crippen LogP contribution in [0.2, 0.25) is 0 Å². The van der Waals surface area contributed by atoms with Crippen molar-refractivity contribution in [2.24, 2.45) is 0 Å². The van der Waals surface area contributed by atoms with Gasteiger partial charge in [0.1, 0.15) is 23.8 Å². The molecular weight excluding hydrogens is 568 g/mol. The lowest BCUT2D eigenvalue weighted by Crippen LogP contribution is -2.26. The monoisotopic (exact) mass is 604 g/mol. The second kappa shape index (κ2) is 13.2. The molecule has 1 N–H and O–H groups in total. The van der Waals surface area contributed by atoms with Gasteiger partial charge in [0.25, 0.3) is 0 Å². The van der Waals surface area contributed by atoms with Gasteiger partial charge in [-0.1, -0.05) is 61.9 Å². The topological polar surface area (TPSA) is 96.0 Å². The number of benzene rings is 4. The van der Waals surface area contributed by atoms with E-state index in [-0.39, 0.29) is 6.61 Å². The molecule has 0 aliphatic heterocycles. The Morgan fingerprint density at radius 2 is 1.71 bits per heavy atom. The van der Waals surface area contributed by atoms with Crippen molar-refractivity contribution in [3.8, 4) is 28.7 Å². The molecule has 8 heteroatoms. The number of aliphatic carboxylic acids is 1. The highest BCUT2D eigenvalue weighted by molar-refractivity contribution is 6.11. The zero-order valence-electron chi connectivity index (χ0n) is 25.7.